The van der Waals surface area contributed by atoms with E-state index in [0.717, 1.165) is 24.4 Å². The lowest BCUT2D eigenvalue weighted by atomic mass is 10.1. The first-order valence-corrected chi connectivity index (χ1v) is 8.99. The minimum Gasteiger partial charge on any atom is -0.497 e. The van der Waals surface area contributed by atoms with Gasteiger partial charge >= 0.3 is 0 Å². The van der Waals surface area contributed by atoms with Gasteiger partial charge in [0.25, 0.3) is 0 Å². The van der Waals surface area contributed by atoms with E-state index in [1.54, 1.807) is 12.0 Å². The molecule has 2 aromatic carbocycles. The number of β-amino-alcohol motifs (C(OH)–C–C–N with tert-alkyl or cyclic N) is 1. The number of hydrogen-bond donors (Lipinski definition) is 1. The van der Waals surface area contributed by atoms with Crippen molar-refractivity contribution in [2.24, 2.45) is 0 Å². The molecule has 0 bridgehead atoms. The lowest BCUT2D eigenvalue weighted by Gasteiger charge is -2.22. The largest absolute Gasteiger partial charge is 0.497 e. The molecule has 0 aromatic heterocycles. The van der Waals surface area contributed by atoms with Crippen LogP contribution in [0.3, 0.4) is 0 Å². The first-order valence-electron chi connectivity index (χ1n) is 8.99. The zero-order chi connectivity index (χ0) is 18.4. The third-order valence-electron chi connectivity index (χ3n) is 4.68. The van der Waals surface area contributed by atoms with Gasteiger partial charge in [0, 0.05) is 32.7 Å². The summed E-state index contributed by atoms with van der Waals surface area (Å²) < 4.78 is 5.22. The van der Waals surface area contributed by atoms with Crippen LogP contribution >= 0.6 is 0 Å². The molecule has 5 heteroatoms. The topological polar surface area (TPSA) is 53.0 Å². The van der Waals surface area contributed by atoms with Crippen molar-refractivity contribution in [3.63, 3.8) is 0 Å². The van der Waals surface area contributed by atoms with Crippen LogP contribution in [-0.4, -0.2) is 60.2 Å². The van der Waals surface area contributed by atoms with Gasteiger partial charge in [-0.1, -0.05) is 42.5 Å². The van der Waals surface area contributed by atoms with E-state index in [1.807, 2.05) is 42.5 Å². The smallest absolute Gasteiger partial charge is 0.227 e. The van der Waals surface area contributed by atoms with Crippen molar-refractivity contribution in [3.05, 3.63) is 65.7 Å². The molecule has 1 aliphatic heterocycles. The van der Waals surface area contributed by atoms with E-state index < -0.39 is 6.10 Å². The molecule has 3 rings (SSSR count). The summed E-state index contributed by atoms with van der Waals surface area (Å²) in [6, 6.07) is 17.8. The third-order valence-corrected chi connectivity index (χ3v) is 4.68. The Kier molecular flexibility index (Phi) is 6.26. The van der Waals surface area contributed by atoms with Crippen LogP contribution in [0.4, 0.5) is 0 Å². The van der Waals surface area contributed by atoms with E-state index in [2.05, 4.69) is 17.0 Å². The molecule has 1 fully saturated rings. The first-order chi connectivity index (χ1) is 12.6. The van der Waals surface area contributed by atoms with Crippen molar-refractivity contribution in [1.82, 2.24) is 9.80 Å². The van der Waals surface area contributed by atoms with Crippen molar-refractivity contribution >= 4 is 5.91 Å². The highest BCUT2D eigenvalue weighted by Crippen LogP contribution is 2.15. The van der Waals surface area contributed by atoms with Gasteiger partial charge < -0.3 is 14.7 Å². The van der Waals surface area contributed by atoms with E-state index in [4.69, 9.17) is 4.74 Å². The van der Waals surface area contributed by atoms with Crippen LogP contribution < -0.4 is 4.74 Å². The SMILES string of the molecule is COc1cccc(CC(=O)N2CCN(Cc3ccccc3)C[C@@H](O)C2)c1. The van der Waals surface area contributed by atoms with E-state index in [0.29, 0.717) is 26.1 Å². The standard InChI is InChI=1S/C21H26N2O3/c1-26-20-9-5-8-18(12-20)13-21(25)23-11-10-22(15-19(24)16-23)14-17-6-3-2-4-7-17/h2-9,12,19,24H,10-11,13-16H2,1H3/t19-/m1/s1. The maximum Gasteiger partial charge on any atom is 0.227 e. The zero-order valence-corrected chi connectivity index (χ0v) is 15.2. The molecule has 1 heterocycles. The van der Waals surface area contributed by atoms with Crippen LogP contribution in [0.5, 0.6) is 5.75 Å². The number of methoxy groups -OCH3 is 1. The Morgan fingerprint density at radius 1 is 1.08 bits per heavy atom. The zero-order valence-electron chi connectivity index (χ0n) is 15.2. The van der Waals surface area contributed by atoms with Gasteiger partial charge in [-0.25, -0.2) is 0 Å². The van der Waals surface area contributed by atoms with E-state index in [9.17, 15) is 9.90 Å². The summed E-state index contributed by atoms with van der Waals surface area (Å²) in [5.41, 5.74) is 2.14. The van der Waals surface area contributed by atoms with Crippen LogP contribution in [-0.2, 0) is 17.8 Å². The number of aliphatic hydroxyl groups is 1. The highest BCUT2D eigenvalue weighted by atomic mass is 16.5. The number of amides is 1. The minimum atomic E-state index is -0.532. The lowest BCUT2D eigenvalue weighted by Crippen LogP contribution is -2.38. The Labute approximate surface area is 154 Å². The van der Waals surface area contributed by atoms with Gasteiger partial charge in [-0.2, -0.15) is 0 Å². The summed E-state index contributed by atoms with van der Waals surface area (Å²) in [5, 5.41) is 10.3. The average Bonchev–Trinajstić information content (AvgIpc) is 2.84. The minimum absolute atomic E-state index is 0.0406. The van der Waals surface area contributed by atoms with Crippen molar-refractivity contribution in [3.8, 4) is 5.75 Å². The Balaban J connectivity index is 1.59. The van der Waals surface area contributed by atoms with Crippen LogP contribution in [0.2, 0.25) is 0 Å². The van der Waals surface area contributed by atoms with E-state index >= 15 is 0 Å². The predicted octanol–water partition coefficient (Wildman–Crippen LogP) is 1.94. The van der Waals surface area contributed by atoms with Crippen LogP contribution in [0.15, 0.2) is 54.6 Å². The summed E-state index contributed by atoms with van der Waals surface area (Å²) in [5.74, 6) is 0.791. The fourth-order valence-electron chi connectivity index (χ4n) is 3.34. The number of carbonyl (C=O) groups excluding carboxylic acids is 1. The van der Waals surface area contributed by atoms with Gasteiger partial charge in [-0.3, -0.25) is 9.69 Å². The normalized spacial score (nSPS) is 18.4. The van der Waals surface area contributed by atoms with Gasteiger partial charge in [0.1, 0.15) is 5.75 Å². The molecular formula is C21H26N2O3. The number of nitrogens with zero attached hydrogens (tertiary/aromatic N) is 2. The predicted molar refractivity (Wildman–Crippen MR) is 101 cm³/mol. The summed E-state index contributed by atoms with van der Waals surface area (Å²) in [6.07, 6.45) is -0.210. The molecule has 0 spiro atoms. The molecule has 0 saturated carbocycles. The van der Waals surface area contributed by atoms with Crippen molar-refractivity contribution in [2.45, 2.75) is 19.1 Å². The Hall–Kier alpha value is -2.37. The monoisotopic (exact) mass is 354 g/mol. The number of benzene rings is 2. The van der Waals surface area contributed by atoms with Crippen LogP contribution in [0, 0.1) is 0 Å². The van der Waals surface area contributed by atoms with Crippen molar-refractivity contribution in [1.29, 1.82) is 0 Å². The van der Waals surface area contributed by atoms with Crippen molar-refractivity contribution < 1.29 is 14.6 Å². The van der Waals surface area contributed by atoms with E-state index in [1.165, 1.54) is 5.56 Å². The molecule has 2 aromatic rings. The third kappa shape index (κ3) is 5.07. The number of aliphatic hydroxyl groups excluding tert-OH is 1. The van der Waals surface area contributed by atoms with Gasteiger partial charge in [-0.05, 0) is 23.3 Å². The molecule has 1 N–H and O–H groups in total. The van der Waals surface area contributed by atoms with Gasteiger partial charge in [0.05, 0.1) is 19.6 Å². The molecule has 26 heavy (non-hydrogen) atoms. The molecule has 138 valence electrons. The number of hydrogen-bond acceptors (Lipinski definition) is 4. The Morgan fingerprint density at radius 2 is 1.85 bits per heavy atom. The molecule has 5 nitrogen and oxygen atoms in total. The Bertz CT molecular complexity index is 720. The summed E-state index contributed by atoms with van der Waals surface area (Å²) in [4.78, 5) is 16.7. The first kappa shape index (κ1) is 18.4. The summed E-state index contributed by atoms with van der Waals surface area (Å²) >= 11 is 0. The molecule has 0 aliphatic carbocycles. The summed E-state index contributed by atoms with van der Waals surface area (Å²) in [7, 11) is 1.62. The molecular weight excluding hydrogens is 328 g/mol. The van der Waals surface area contributed by atoms with Crippen LogP contribution in [0.1, 0.15) is 11.1 Å². The van der Waals surface area contributed by atoms with Crippen molar-refractivity contribution in [2.75, 3.05) is 33.3 Å². The van der Waals surface area contributed by atoms with Gasteiger partial charge in [0.2, 0.25) is 5.91 Å². The highest BCUT2D eigenvalue weighted by molar-refractivity contribution is 5.79. The highest BCUT2D eigenvalue weighted by Gasteiger charge is 2.24. The quantitative estimate of drug-likeness (QED) is 0.892. The fourth-order valence-corrected chi connectivity index (χ4v) is 3.34. The molecule has 1 atom stereocenters. The fraction of sp³-hybridized carbons (Fsp3) is 0.381. The van der Waals surface area contributed by atoms with E-state index in [-0.39, 0.29) is 5.91 Å². The van der Waals surface area contributed by atoms with Gasteiger partial charge in [-0.15, -0.1) is 0 Å². The molecule has 1 saturated heterocycles. The molecule has 0 radical (unpaired) electrons. The van der Waals surface area contributed by atoms with Gasteiger partial charge in [0.15, 0.2) is 0 Å². The second-order valence-corrected chi connectivity index (χ2v) is 6.74. The number of ether oxygens (including phenoxy) is 1. The molecule has 1 aliphatic rings. The molecule has 0 unspecified atom stereocenters. The summed E-state index contributed by atoms with van der Waals surface area (Å²) in [6.45, 7) is 3.14. The second-order valence-electron chi connectivity index (χ2n) is 6.74. The Morgan fingerprint density at radius 3 is 2.62 bits per heavy atom. The maximum absolute atomic E-state index is 12.7. The number of carbonyl (C=O) groups is 1. The van der Waals surface area contributed by atoms with Crippen LogP contribution in [0.25, 0.3) is 0 Å². The average molecular weight is 354 g/mol. The second kappa shape index (κ2) is 8.83. The lowest BCUT2D eigenvalue weighted by molar-refractivity contribution is -0.131. The molecule has 1 amide bonds. The maximum atomic E-state index is 12.7. The number of rotatable bonds is 5.